The number of aryl methyl sites for hydroxylation is 1. The van der Waals surface area contributed by atoms with E-state index in [0.29, 0.717) is 5.56 Å². The van der Waals surface area contributed by atoms with Crippen molar-refractivity contribution >= 4 is 6.29 Å². The van der Waals surface area contributed by atoms with Gasteiger partial charge in [0.2, 0.25) is 0 Å². The van der Waals surface area contributed by atoms with Gasteiger partial charge in [0.05, 0.1) is 5.56 Å². The highest BCUT2D eigenvalue weighted by molar-refractivity contribution is 5.74. The molecule has 42 valence electrons. The zero-order valence-electron chi connectivity index (χ0n) is 4.55. The third-order valence-electron chi connectivity index (χ3n) is 0.887. The van der Waals surface area contributed by atoms with Gasteiger partial charge in [-0.1, -0.05) is 0 Å². The van der Waals surface area contributed by atoms with Gasteiger partial charge >= 0.3 is 0 Å². The van der Waals surface area contributed by atoms with Crippen molar-refractivity contribution in [1.29, 1.82) is 0 Å². The Kier molecular flexibility index (Phi) is 1.16. The lowest BCUT2D eigenvalue weighted by Crippen LogP contribution is -1.66. The van der Waals surface area contributed by atoms with Crippen molar-refractivity contribution in [1.82, 2.24) is 0 Å². The molecule has 0 aliphatic rings. The molecule has 1 aromatic heterocycles. The minimum absolute atomic E-state index is 0.600. The van der Waals surface area contributed by atoms with Crippen LogP contribution in [0.3, 0.4) is 0 Å². The predicted molar refractivity (Wildman–Crippen MR) is 28.8 cm³/mol. The first-order valence-corrected chi connectivity index (χ1v) is 2.33. The van der Waals surface area contributed by atoms with Crippen molar-refractivity contribution in [2.45, 2.75) is 6.92 Å². The van der Waals surface area contributed by atoms with E-state index in [1.165, 1.54) is 6.26 Å². The van der Waals surface area contributed by atoms with Crippen molar-refractivity contribution in [3.8, 4) is 0 Å². The predicted octanol–water partition coefficient (Wildman–Crippen LogP) is 1.40. The lowest BCUT2D eigenvalue weighted by atomic mass is 10.3. The average molecular weight is 110 g/mol. The fraction of sp³-hybridized carbons (Fsp3) is 0.167. The molecule has 0 aliphatic heterocycles. The summed E-state index contributed by atoms with van der Waals surface area (Å²) >= 11 is 0. The van der Waals surface area contributed by atoms with E-state index < -0.39 is 0 Å². The van der Waals surface area contributed by atoms with E-state index >= 15 is 0 Å². The van der Waals surface area contributed by atoms with Crippen LogP contribution in [0.25, 0.3) is 0 Å². The summed E-state index contributed by atoms with van der Waals surface area (Å²) in [5, 5.41) is 0. The standard InChI is InChI=1S/C6H6O2/c1-5-2-6(3-7)4-8-5/h2-4H,1H3. The second kappa shape index (κ2) is 1.82. The van der Waals surface area contributed by atoms with Gasteiger partial charge in [0.25, 0.3) is 0 Å². The average Bonchev–Trinajstić information content (AvgIpc) is 2.14. The molecule has 0 fully saturated rings. The highest BCUT2D eigenvalue weighted by Gasteiger charge is 1.91. The fourth-order valence-electron chi connectivity index (χ4n) is 0.526. The smallest absolute Gasteiger partial charge is 0.153 e. The third-order valence-corrected chi connectivity index (χ3v) is 0.887. The van der Waals surface area contributed by atoms with Gasteiger partial charge in [-0.2, -0.15) is 0 Å². The maximum absolute atomic E-state index is 9.96. The molecule has 1 rings (SSSR count). The zero-order valence-corrected chi connectivity index (χ0v) is 4.55. The van der Waals surface area contributed by atoms with Gasteiger partial charge in [-0.3, -0.25) is 4.79 Å². The van der Waals surface area contributed by atoms with Crippen LogP contribution in [0.5, 0.6) is 0 Å². The van der Waals surface area contributed by atoms with Gasteiger partial charge in [0.1, 0.15) is 12.0 Å². The fourth-order valence-corrected chi connectivity index (χ4v) is 0.526. The second-order valence-corrected chi connectivity index (χ2v) is 1.61. The molecule has 0 amide bonds. The van der Waals surface area contributed by atoms with E-state index in [1.54, 1.807) is 13.0 Å². The highest BCUT2D eigenvalue weighted by atomic mass is 16.3. The Morgan fingerprint density at radius 1 is 1.75 bits per heavy atom. The summed E-state index contributed by atoms with van der Waals surface area (Å²) in [6.45, 7) is 1.80. The molecule has 0 aromatic carbocycles. The summed E-state index contributed by atoms with van der Waals surface area (Å²) in [6.07, 6.45) is 2.19. The van der Waals surface area contributed by atoms with Crippen molar-refractivity contribution in [2.75, 3.05) is 0 Å². The van der Waals surface area contributed by atoms with Gasteiger partial charge in [-0.25, -0.2) is 0 Å². The summed E-state index contributed by atoms with van der Waals surface area (Å²) in [6, 6.07) is 1.69. The Labute approximate surface area is 47.1 Å². The van der Waals surface area contributed by atoms with Crippen LogP contribution >= 0.6 is 0 Å². The topological polar surface area (TPSA) is 30.2 Å². The van der Waals surface area contributed by atoms with Crippen LogP contribution in [-0.2, 0) is 0 Å². The summed E-state index contributed by atoms with van der Waals surface area (Å²) in [5.41, 5.74) is 0.600. The van der Waals surface area contributed by atoms with Crippen LogP contribution in [0.4, 0.5) is 0 Å². The Hall–Kier alpha value is -1.05. The second-order valence-electron chi connectivity index (χ2n) is 1.61. The molecule has 0 atom stereocenters. The van der Waals surface area contributed by atoms with Crippen LogP contribution in [0.1, 0.15) is 16.1 Å². The first-order valence-electron chi connectivity index (χ1n) is 2.33. The minimum atomic E-state index is 0.600. The number of aldehydes is 1. The Bertz CT molecular complexity index is 188. The molecule has 0 radical (unpaired) electrons. The van der Waals surface area contributed by atoms with Crippen molar-refractivity contribution in [3.63, 3.8) is 0 Å². The molecule has 2 nitrogen and oxygen atoms in total. The summed E-state index contributed by atoms with van der Waals surface area (Å²) in [4.78, 5) is 9.96. The van der Waals surface area contributed by atoms with E-state index in [2.05, 4.69) is 0 Å². The van der Waals surface area contributed by atoms with E-state index in [0.717, 1.165) is 12.0 Å². The molecule has 0 bridgehead atoms. The number of carbonyl (C=O) groups is 1. The third kappa shape index (κ3) is 0.780. The zero-order chi connectivity index (χ0) is 5.98. The van der Waals surface area contributed by atoms with Crippen LogP contribution < -0.4 is 0 Å². The minimum Gasteiger partial charge on any atom is -0.469 e. The maximum Gasteiger partial charge on any atom is 0.153 e. The van der Waals surface area contributed by atoms with Crippen LogP contribution in [0.2, 0.25) is 0 Å². The highest BCUT2D eigenvalue weighted by Crippen LogP contribution is 2.01. The number of furan rings is 1. The summed E-state index contributed by atoms with van der Waals surface area (Å²) < 4.78 is 4.82. The van der Waals surface area contributed by atoms with Crippen molar-refractivity contribution < 1.29 is 9.21 Å². The normalized spacial score (nSPS) is 9.12. The van der Waals surface area contributed by atoms with Gasteiger partial charge in [-0.05, 0) is 13.0 Å². The van der Waals surface area contributed by atoms with E-state index in [-0.39, 0.29) is 0 Å². The van der Waals surface area contributed by atoms with Gasteiger partial charge < -0.3 is 4.42 Å². The van der Waals surface area contributed by atoms with Crippen LogP contribution in [0.15, 0.2) is 16.7 Å². The van der Waals surface area contributed by atoms with Crippen LogP contribution in [-0.4, -0.2) is 6.29 Å². The van der Waals surface area contributed by atoms with Gasteiger partial charge in [0.15, 0.2) is 6.29 Å². The molecule has 1 aromatic rings. The van der Waals surface area contributed by atoms with E-state index in [4.69, 9.17) is 4.42 Å². The number of hydrogen-bond acceptors (Lipinski definition) is 2. The van der Waals surface area contributed by atoms with Crippen molar-refractivity contribution in [3.05, 3.63) is 23.7 Å². The first-order chi connectivity index (χ1) is 3.83. The molecule has 8 heavy (non-hydrogen) atoms. The Morgan fingerprint density at radius 2 is 2.50 bits per heavy atom. The van der Waals surface area contributed by atoms with E-state index in [9.17, 15) is 4.79 Å². The quantitative estimate of drug-likeness (QED) is 0.511. The molecule has 1 heterocycles. The summed E-state index contributed by atoms with van der Waals surface area (Å²) in [5.74, 6) is 0.770. The SMILES string of the molecule is Cc1cc(C=O)co1. The molecule has 0 saturated carbocycles. The molecule has 0 N–H and O–H groups in total. The largest absolute Gasteiger partial charge is 0.469 e. The molecule has 0 saturated heterocycles. The molecular weight excluding hydrogens is 104 g/mol. The number of carbonyl (C=O) groups excluding carboxylic acids is 1. The first kappa shape index (κ1) is 5.09. The lowest BCUT2D eigenvalue weighted by Gasteiger charge is -1.69. The molecular formula is C6H6O2. The lowest BCUT2D eigenvalue weighted by molar-refractivity contribution is 0.112. The van der Waals surface area contributed by atoms with Crippen LogP contribution in [0, 0.1) is 6.92 Å². The molecule has 0 spiro atoms. The Balaban J connectivity index is 3.00. The number of hydrogen-bond donors (Lipinski definition) is 0. The Morgan fingerprint density at radius 3 is 2.75 bits per heavy atom. The molecule has 0 unspecified atom stereocenters. The monoisotopic (exact) mass is 110 g/mol. The summed E-state index contributed by atoms with van der Waals surface area (Å²) in [7, 11) is 0. The van der Waals surface area contributed by atoms with Crippen molar-refractivity contribution in [2.24, 2.45) is 0 Å². The molecule has 0 aliphatic carbocycles. The van der Waals surface area contributed by atoms with Gasteiger partial charge in [0, 0.05) is 0 Å². The number of rotatable bonds is 1. The molecule has 2 heteroatoms. The van der Waals surface area contributed by atoms with Gasteiger partial charge in [-0.15, -0.1) is 0 Å². The van der Waals surface area contributed by atoms with E-state index in [1.807, 2.05) is 0 Å². The maximum atomic E-state index is 9.96.